The second-order valence-corrected chi connectivity index (χ2v) is 12.9. The van der Waals surface area contributed by atoms with Crippen molar-refractivity contribution in [1.29, 1.82) is 0 Å². The molecule has 0 bridgehead atoms. The second kappa shape index (κ2) is 14.8. The summed E-state index contributed by atoms with van der Waals surface area (Å²) in [5, 5.41) is 2.11. The minimum atomic E-state index is 0.112. The van der Waals surface area contributed by atoms with Gasteiger partial charge in [-0.2, -0.15) is 0 Å². The van der Waals surface area contributed by atoms with Crippen LogP contribution in [0.25, 0.3) is 21.8 Å². The normalized spacial score (nSPS) is 11.5. The Bertz CT molecular complexity index is 1430. The third-order valence-electron chi connectivity index (χ3n) is 6.96. The third-order valence-corrected chi connectivity index (χ3v) is 9.39. The van der Waals surface area contributed by atoms with E-state index in [4.69, 9.17) is 9.97 Å². The fourth-order valence-corrected chi connectivity index (χ4v) is 7.09. The molecule has 222 valence electrons. The first-order valence-electron chi connectivity index (χ1n) is 14.1. The predicted molar refractivity (Wildman–Crippen MR) is 174 cm³/mol. The van der Waals surface area contributed by atoms with Gasteiger partial charge >= 0.3 is 0 Å². The maximum atomic E-state index is 12.8. The number of hydrogen-bond donors (Lipinski definition) is 0. The summed E-state index contributed by atoms with van der Waals surface area (Å²) in [6.07, 6.45) is 3.67. The fourth-order valence-electron chi connectivity index (χ4n) is 4.82. The zero-order valence-electron chi connectivity index (χ0n) is 25.3. The van der Waals surface area contributed by atoms with E-state index in [-0.39, 0.29) is 11.8 Å². The molecule has 0 aliphatic heterocycles. The van der Waals surface area contributed by atoms with Gasteiger partial charge in [-0.3, -0.25) is 19.6 Å². The number of hydrogen-bond acceptors (Lipinski definition) is 8. The van der Waals surface area contributed by atoms with Gasteiger partial charge < -0.3 is 19.6 Å². The molecule has 42 heavy (non-hydrogen) atoms. The summed E-state index contributed by atoms with van der Waals surface area (Å²) in [6, 6.07) is 16.5. The van der Waals surface area contributed by atoms with Crippen molar-refractivity contribution in [1.82, 2.24) is 29.6 Å². The molecule has 0 aliphatic rings. The van der Waals surface area contributed by atoms with Crippen LogP contribution in [0.3, 0.4) is 0 Å². The molecule has 2 heterocycles. The fraction of sp³-hybridized carbons (Fsp3) is 0.375. The van der Waals surface area contributed by atoms with Gasteiger partial charge in [0.15, 0.2) is 0 Å². The number of likely N-dealkylation sites (N-methyl/N-ethyl adjacent to an activating group) is 4. The molecule has 2 aromatic heterocycles. The van der Waals surface area contributed by atoms with Crippen molar-refractivity contribution < 1.29 is 9.59 Å². The Morgan fingerprint density at radius 1 is 0.643 bits per heavy atom. The molecule has 0 aliphatic carbocycles. The van der Waals surface area contributed by atoms with Gasteiger partial charge in [0.1, 0.15) is 0 Å². The Hall–Kier alpha value is -3.18. The van der Waals surface area contributed by atoms with Gasteiger partial charge in [-0.05, 0) is 77.4 Å². The molecule has 2 aromatic carbocycles. The van der Waals surface area contributed by atoms with Crippen LogP contribution in [0.4, 0.5) is 0 Å². The highest BCUT2D eigenvalue weighted by Crippen LogP contribution is 2.43. The van der Waals surface area contributed by atoms with Gasteiger partial charge in [0.25, 0.3) is 0 Å². The van der Waals surface area contributed by atoms with Crippen LogP contribution in [-0.2, 0) is 22.7 Å². The molecule has 10 heteroatoms. The van der Waals surface area contributed by atoms with Crippen molar-refractivity contribution in [2.75, 3.05) is 54.4 Å². The van der Waals surface area contributed by atoms with Gasteiger partial charge in [0.2, 0.25) is 11.8 Å². The molecular formula is C32H40N6O2S2. The number of para-hydroxylation sites is 2. The average Bonchev–Trinajstić information content (AvgIpc) is 2.96. The molecule has 8 nitrogen and oxygen atoms in total. The Labute approximate surface area is 256 Å². The molecule has 0 saturated carbocycles. The molecule has 0 unspecified atom stereocenters. The first-order chi connectivity index (χ1) is 20.2. The number of pyridine rings is 2. The number of fused-ring (bicyclic) bond motifs is 2. The van der Waals surface area contributed by atoms with Crippen molar-refractivity contribution in [2.45, 2.75) is 36.7 Å². The van der Waals surface area contributed by atoms with E-state index in [1.807, 2.05) is 86.2 Å². The summed E-state index contributed by atoms with van der Waals surface area (Å²) in [6.45, 7) is 7.19. The monoisotopic (exact) mass is 604 g/mol. The average molecular weight is 605 g/mol. The molecule has 0 spiro atoms. The van der Waals surface area contributed by atoms with Gasteiger partial charge in [-0.1, -0.05) is 45.9 Å². The number of nitrogens with zero attached hydrogens (tertiary/aromatic N) is 6. The van der Waals surface area contributed by atoms with E-state index >= 15 is 0 Å². The number of aromatic nitrogens is 2. The Morgan fingerprint density at radius 2 is 1.05 bits per heavy atom. The second-order valence-electron chi connectivity index (χ2n) is 10.7. The summed E-state index contributed by atoms with van der Waals surface area (Å²) in [5.74, 6) is 0.223. The van der Waals surface area contributed by atoms with Crippen LogP contribution in [0.1, 0.15) is 25.0 Å². The zero-order valence-corrected chi connectivity index (χ0v) is 27.0. The lowest BCUT2D eigenvalue weighted by atomic mass is 10.1. The third kappa shape index (κ3) is 7.80. The maximum Gasteiger partial charge on any atom is 0.237 e. The molecule has 4 rings (SSSR count). The van der Waals surface area contributed by atoms with Gasteiger partial charge in [-0.25, -0.2) is 0 Å². The highest BCUT2D eigenvalue weighted by molar-refractivity contribution is 8.76. The Kier molecular flexibility index (Phi) is 11.2. The van der Waals surface area contributed by atoms with E-state index in [9.17, 15) is 9.59 Å². The molecule has 4 aromatic rings. The molecule has 0 saturated heterocycles. The Morgan fingerprint density at radius 3 is 1.40 bits per heavy atom. The van der Waals surface area contributed by atoms with Gasteiger partial charge in [-0.15, -0.1) is 0 Å². The van der Waals surface area contributed by atoms with E-state index in [0.29, 0.717) is 39.3 Å². The molecular weight excluding hydrogens is 565 g/mol. The standard InChI is InChI=1S/C32H40N6O2S2/c1-7-37(29(39)21-35(3)4)19-23-15-17-33-31-25(23)11-9-13-27(31)41-42-28-14-10-12-26-24(16-18-34-32(26)28)20-38(8-2)30(40)22-36(5)6/h9-18H,7-8,19-22H2,1-6H3. The number of amides is 2. The topological polar surface area (TPSA) is 72.9 Å². The molecule has 0 fully saturated rings. The minimum absolute atomic E-state index is 0.112. The lowest BCUT2D eigenvalue weighted by Crippen LogP contribution is -2.37. The summed E-state index contributed by atoms with van der Waals surface area (Å²) in [7, 11) is 11.0. The number of carbonyl (C=O) groups excluding carboxylic acids is 2. The lowest BCUT2D eigenvalue weighted by molar-refractivity contribution is -0.133. The Balaban J connectivity index is 1.57. The predicted octanol–water partition coefficient (Wildman–Crippen LogP) is 5.40. The van der Waals surface area contributed by atoms with Gasteiger partial charge in [0, 0.05) is 59.1 Å². The first kappa shape index (κ1) is 31.7. The van der Waals surface area contributed by atoms with Crippen LogP contribution in [0.2, 0.25) is 0 Å². The maximum absolute atomic E-state index is 12.8. The van der Waals surface area contributed by atoms with E-state index in [2.05, 4.69) is 36.4 Å². The number of rotatable bonds is 13. The number of benzene rings is 2. The van der Waals surface area contributed by atoms with E-state index in [1.54, 1.807) is 21.6 Å². The summed E-state index contributed by atoms with van der Waals surface area (Å²) < 4.78 is 0. The highest BCUT2D eigenvalue weighted by Gasteiger charge is 2.18. The molecule has 0 atom stereocenters. The summed E-state index contributed by atoms with van der Waals surface area (Å²) in [4.78, 5) is 44.7. The SMILES string of the molecule is CCN(Cc1ccnc2c(SSc3cccc4c(CN(CC)C(=O)CN(C)C)ccnc34)cccc12)C(=O)CN(C)C. The quantitative estimate of drug-likeness (QED) is 0.188. The largest absolute Gasteiger partial charge is 0.338 e. The number of carbonyl (C=O) groups is 2. The molecule has 2 amide bonds. The van der Waals surface area contributed by atoms with E-state index < -0.39 is 0 Å². The van der Waals surface area contributed by atoms with Crippen molar-refractivity contribution in [3.8, 4) is 0 Å². The van der Waals surface area contributed by atoms with Crippen molar-refractivity contribution in [3.05, 3.63) is 72.1 Å². The van der Waals surface area contributed by atoms with Crippen LogP contribution in [-0.4, -0.2) is 95.8 Å². The highest BCUT2D eigenvalue weighted by atomic mass is 33.1. The molecule has 0 N–H and O–H groups in total. The summed E-state index contributed by atoms with van der Waals surface area (Å²) in [5.41, 5.74) is 4.02. The van der Waals surface area contributed by atoms with Crippen LogP contribution < -0.4 is 0 Å². The van der Waals surface area contributed by atoms with Crippen molar-refractivity contribution in [3.63, 3.8) is 0 Å². The zero-order chi connectivity index (χ0) is 30.2. The van der Waals surface area contributed by atoms with Crippen molar-refractivity contribution >= 4 is 55.2 Å². The van der Waals surface area contributed by atoms with Crippen molar-refractivity contribution in [2.24, 2.45) is 0 Å². The molecule has 0 radical (unpaired) electrons. The first-order valence-corrected chi connectivity index (χ1v) is 16.3. The van der Waals surface area contributed by atoms with E-state index in [1.165, 1.54) is 0 Å². The van der Waals surface area contributed by atoms with E-state index in [0.717, 1.165) is 42.7 Å². The van der Waals surface area contributed by atoms with Crippen LogP contribution in [0.5, 0.6) is 0 Å². The minimum Gasteiger partial charge on any atom is -0.338 e. The smallest absolute Gasteiger partial charge is 0.237 e. The van der Waals surface area contributed by atoms with Gasteiger partial charge in [0.05, 0.1) is 24.1 Å². The lowest BCUT2D eigenvalue weighted by Gasteiger charge is -2.23. The van der Waals surface area contributed by atoms with Crippen LogP contribution in [0.15, 0.2) is 70.7 Å². The summed E-state index contributed by atoms with van der Waals surface area (Å²) >= 11 is 0. The van der Waals surface area contributed by atoms with Crippen LogP contribution >= 0.6 is 21.6 Å². The van der Waals surface area contributed by atoms with Crippen LogP contribution in [0, 0.1) is 0 Å².